The molecule has 7 heteroatoms. The van der Waals surface area contributed by atoms with Gasteiger partial charge in [0.15, 0.2) is 0 Å². The van der Waals surface area contributed by atoms with Crippen LogP contribution in [0, 0.1) is 0 Å². The van der Waals surface area contributed by atoms with Crippen molar-refractivity contribution in [3.8, 4) is 0 Å². The van der Waals surface area contributed by atoms with Gasteiger partial charge in [0.2, 0.25) is 5.91 Å². The van der Waals surface area contributed by atoms with E-state index in [0.717, 1.165) is 43.3 Å². The zero-order valence-electron chi connectivity index (χ0n) is 27.5. The first-order valence-electron chi connectivity index (χ1n) is 16.5. The molecule has 0 spiro atoms. The molecule has 6 nitrogen and oxygen atoms in total. The summed E-state index contributed by atoms with van der Waals surface area (Å²) in [5, 5.41) is 12.4. The number of hydrogen-bond donors (Lipinski definition) is 3. The maximum absolute atomic E-state index is 13.8. The van der Waals surface area contributed by atoms with Gasteiger partial charge in [0.05, 0.1) is 0 Å². The molecule has 0 saturated heterocycles. The van der Waals surface area contributed by atoms with Crippen LogP contribution >= 0.6 is 11.8 Å². The number of carbonyl (C=O) groups is 3. The third-order valence-electron chi connectivity index (χ3n) is 8.41. The minimum Gasteiger partial charge on any atom is -0.324 e. The minimum atomic E-state index is -0.533. The fourth-order valence-electron chi connectivity index (χ4n) is 5.86. The molecule has 51 heavy (non-hydrogen) atoms. The second-order valence-corrected chi connectivity index (χ2v) is 13.0. The summed E-state index contributed by atoms with van der Waals surface area (Å²) >= 11 is 1.42. The molecule has 0 aromatic heterocycles. The van der Waals surface area contributed by atoms with Crippen LogP contribution in [-0.2, 0) is 9.59 Å². The lowest BCUT2D eigenvalue weighted by Crippen LogP contribution is -2.30. The maximum Gasteiger partial charge on any atom is 0.272 e. The van der Waals surface area contributed by atoms with E-state index in [0.29, 0.717) is 11.3 Å². The average molecular weight is 684 g/mol. The molecule has 0 radical (unpaired) electrons. The van der Waals surface area contributed by atoms with Crippen LogP contribution in [0.2, 0.25) is 0 Å². The first-order valence-corrected chi connectivity index (χ1v) is 17.4. The Bertz CT molecular complexity index is 2370. The molecule has 7 rings (SSSR count). The van der Waals surface area contributed by atoms with Crippen LogP contribution in [0.4, 0.5) is 11.4 Å². The van der Waals surface area contributed by atoms with Crippen molar-refractivity contribution in [1.82, 2.24) is 5.32 Å². The van der Waals surface area contributed by atoms with Gasteiger partial charge in [-0.2, -0.15) is 0 Å². The Morgan fingerprint density at radius 3 is 1.86 bits per heavy atom. The second-order valence-electron chi connectivity index (χ2n) is 11.8. The van der Waals surface area contributed by atoms with Crippen molar-refractivity contribution in [2.45, 2.75) is 10.1 Å². The van der Waals surface area contributed by atoms with Crippen molar-refractivity contribution >= 4 is 68.5 Å². The predicted molar refractivity (Wildman–Crippen MR) is 209 cm³/mol. The highest BCUT2D eigenvalue weighted by molar-refractivity contribution is 8.00. The predicted octanol–water partition coefficient (Wildman–Crippen LogP) is 9.87. The van der Waals surface area contributed by atoms with Gasteiger partial charge in [-0.15, -0.1) is 11.8 Å². The highest BCUT2D eigenvalue weighted by Crippen LogP contribution is 2.37. The summed E-state index contributed by atoms with van der Waals surface area (Å²) in [5.74, 6) is -1.00. The Labute approximate surface area is 300 Å². The Morgan fingerprint density at radius 1 is 0.549 bits per heavy atom. The SMILES string of the molecule is O=C(Nc1ccc(SC(C(=O)Nc2cccc3ccccc23)c2ccccc2)cc1)/C(=C/c1cccc2ccccc12)NC(=O)c1ccccc1. The molecule has 0 heterocycles. The second kappa shape index (κ2) is 15.4. The fraction of sp³-hybridized carbons (Fsp3) is 0.0227. The molecule has 1 unspecified atom stereocenters. The van der Waals surface area contributed by atoms with Crippen LogP contribution in [0.25, 0.3) is 27.6 Å². The van der Waals surface area contributed by atoms with E-state index in [1.165, 1.54) is 11.8 Å². The van der Waals surface area contributed by atoms with Crippen LogP contribution in [0.15, 0.2) is 180 Å². The third kappa shape index (κ3) is 7.90. The number of amides is 3. The first kappa shape index (κ1) is 33.1. The number of nitrogens with one attached hydrogen (secondary N) is 3. The zero-order valence-corrected chi connectivity index (χ0v) is 28.3. The van der Waals surface area contributed by atoms with Crippen molar-refractivity contribution in [1.29, 1.82) is 0 Å². The van der Waals surface area contributed by atoms with E-state index in [1.807, 2.05) is 133 Å². The Balaban J connectivity index is 1.12. The van der Waals surface area contributed by atoms with Gasteiger partial charge in [0.25, 0.3) is 11.8 Å². The van der Waals surface area contributed by atoms with Crippen molar-refractivity contribution in [2.75, 3.05) is 10.6 Å². The van der Waals surface area contributed by atoms with Gasteiger partial charge >= 0.3 is 0 Å². The Kier molecular flexibility index (Phi) is 9.99. The number of carbonyl (C=O) groups excluding carboxylic acids is 3. The summed E-state index contributed by atoms with van der Waals surface area (Å²) in [5.41, 5.74) is 3.51. The molecule has 7 aromatic carbocycles. The van der Waals surface area contributed by atoms with Gasteiger partial charge in [-0.05, 0) is 75.8 Å². The molecule has 248 valence electrons. The number of rotatable bonds is 10. The monoisotopic (exact) mass is 683 g/mol. The van der Waals surface area contributed by atoms with Crippen LogP contribution < -0.4 is 16.0 Å². The van der Waals surface area contributed by atoms with Crippen molar-refractivity contribution < 1.29 is 14.4 Å². The van der Waals surface area contributed by atoms with Gasteiger partial charge in [-0.25, -0.2) is 0 Å². The molecule has 0 bridgehead atoms. The van der Waals surface area contributed by atoms with E-state index in [-0.39, 0.29) is 11.6 Å². The molecule has 1 atom stereocenters. The van der Waals surface area contributed by atoms with E-state index < -0.39 is 17.1 Å². The van der Waals surface area contributed by atoms with Gasteiger partial charge in [0, 0.05) is 27.2 Å². The summed E-state index contributed by atoms with van der Waals surface area (Å²) < 4.78 is 0. The molecule has 0 aliphatic rings. The zero-order chi connectivity index (χ0) is 35.0. The number of benzene rings is 7. The first-order chi connectivity index (χ1) is 25.0. The Morgan fingerprint density at radius 2 is 1.14 bits per heavy atom. The maximum atomic E-state index is 13.8. The molecule has 7 aromatic rings. The summed E-state index contributed by atoms with van der Waals surface area (Å²) in [4.78, 5) is 41.7. The molecule has 3 N–H and O–H groups in total. The van der Waals surface area contributed by atoms with Crippen LogP contribution in [0.1, 0.15) is 26.7 Å². The smallest absolute Gasteiger partial charge is 0.272 e. The molecule has 0 aliphatic heterocycles. The molecular formula is C44H33N3O3S. The lowest BCUT2D eigenvalue weighted by molar-refractivity contribution is -0.116. The van der Waals surface area contributed by atoms with E-state index in [1.54, 1.807) is 42.5 Å². The number of anilines is 2. The van der Waals surface area contributed by atoms with E-state index >= 15 is 0 Å². The van der Waals surface area contributed by atoms with Gasteiger partial charge in [-0.3, -0.25) is 14.4 Å². The van der Waals surface area contributed by atoms with Gasteiger partial charge in [0.1, 0.15) is 10.9 Å². The lowest BCUT2D eigenvalue weighted by atomic mass is 10.0. The van der Waals surface area contributed by atoms with Crippen LogP contribution in [0.3, 0.4) is 0 Å². The standard InChI is InChI=1S/C44H33N3O3S/c48-42(33-17-5-2-6-18-33)47-40(29-34-21-11-19-30-13-7-9-22-37(30)34)43(49)45-35-25-27-36(28-26-35)51-41(32-15-3-1-4-16-32)44(50)46-39-24-12-20-31-14-8-10-23-38(31)39/h1-29,41H,(H,45,49)(H,46,50)(H,47,48)/b40-29-. The van der Waals surface area contributed by atoms with Crippen molar-refractivity contribution in [3.63, 3.8) is 0 Å². The topological polar surface area (TPSA) is 87.3 Å². The molecular weight excluding hydrogens is 651 g/mol. The van der Waals surface area contributed by atoms with E-state index in [9.17, 15) is 14.4 Å². The fourth-order valence-corrected chi connectivity index (χ4v) is 6.88. The normalized spacial score (nSPS) is 11.9. The van der Waals surface area contributed by atoms with E-state index in [2.05, 4.69) is 16.0 Å². The molecule has 0 saturated carbocycles. The number of fused-ring (bicyclic) bond motifs is 2. The van der Waals surface area contributed by atoms with E-state index in [4.69, 9.17) is 0 Å². The molecule has 0 fully saturated rings. The average Bonchev–Trinajstić information content (AvgIpc) is 3.18. The third-order valence-corrected chi connectivity index (χ3v) is 9.67. The summed E-state index contributed by atoms with van der Waals surface area (Å²) in [6.45, 7) is 0. The molecule has 3 amide bonds. The Hall–Kier alpha value is -6.44. The quantitative estimate of drug-likeness (QED) is 0.0990. The van der Waals surface area contributed by atoms with Crippen LogP contribution in [0.5, 0.6) is 0 Å². The van der Waals surface area contributed by atoms with Crippen molar-refractivity contribution in [2.24, 2.45) is 0 Å². The number of thioether (sulfide) groups is 1. The van der Waals surface area contributed by atoms with Gasteiger partial charge < -0.3 is 16.0 Å². The largest absolute Gasteiger partial charge is 0.324 e. The lowest BCUT2D eigenvalue weighted by Gasteiger charge is -2.18. The van der Waals surface area contributed by atoms with Crippen LogP contribution in [-0.4, -0.2) is 17.7 Å². The highest BCUT2D eigenvalue weighted by atomic mass is 32.2. The highest BCUT2D eigenvalue weighted by Gasteiger charge is 2.23. The van der Waals surface area contributed by atoms with Crippen molar-refractivity contribution in [3.05, 3.63) is 192 Å². The van der Waals surface area contributed by atoms with Gasteiger partial charge in [-0.1, -0.05) is 127 Å². The number of hydrogen-bond acceptors (Lipinski definition) is 4. The molecule has 0 aliphatic carbocycles. The minimum absolute atomic E-state index is 0.105. The summed E-state index contributed by atoms with van der Waals surface area (Å²) in [6.07, 6.45) is 1.70. The summed E-state index contributed by atoms with van der Waals surface area (Å²) in [6, 6.07) is 53.3. The summed E-state index contributed by atoms with van der Waals surface area (Å²) in [7, 11) is 0.